The molecule has 1 aromatic carbocycles. The smallest absolute Gasteiger partial charge is 0.153 e. The highest BCUT2D eigenvalue weighted by Gasteiger charge is 2.11. The highest BCUT2D eigenvalue weighted by molar-refractivity contribution is 5.87. The lowest BCUT2D eigenvalue weighted by atomic mass is 9.98. The van der Waals surface area contributed by atoms with Crippen LogP contribution >= 0.6 is 0 Å². The van der Waals surface area contributed by atoms with Crippen molar-refractivity contribution in [2.45, 2.75) is 46.5 Å². The molecule has 0 N–H and O–H groups in total. The van der Waals surface area contributed by atoms with Crippen LogP contribution in [0.15, 0.2) is 12.1 Å². The molecule has 0 amide bonds. The molecule has 1 unspecified atom stereocenters. The molecule has 0 spiro atoms. The lowest BCUT2D eigenvalue weighted by Crippen LogP contribution is -2.07. The first-order valence-corrected chi connectivity index (χ1v) is 8.27. The fourth-order valence-corrected chi connectivity index (χ4v) is 2.47. The molecule has 128 valence electrons. The van der Waals surface area contributed by atoms with E-state index >= 15 is 0 Å². The topological polar surface area (TPSA) is 52.6 Å². The number of aldehydes is 2. The van der Waals surface area contributed by atoms with Crippen molar-refractivity contribution in [3.05, 3.63) is 23.3 Å². The van der Waals surface area contributed by atoms with Gasteiger partial charge in [-0.05, 0) is 30.4 Å². The number of benzene rings is 1. The zero-order valence-electron chi connectivity index (χ0n) is 14.6. The largest absolute Gasteiger partial charge is 0.496 e. The van der Waals surface area contributed by atoms with Crippen LogP contribution in [0.5, 0.6) is 11.5 Å². The van der Waals surface area contributed by atoms with E-state index in [0.717, 1.165) is 18.6 Å². The number of methoxy groups -OCH3 is 1. The Morgan fingerprint density at radius 1 is 0.957 bits per heavy atom. The van der Waals surface area contributed by atoms with Crippen LogP contribution in [-0.2, 0) is 0 Å². The molecular formula is C19H28O4. The van der Waals surface area contributed by atoms with Gasteiger partial charge in [-0.15, -0.1) is 0 Å². The van der Waals surface area contributed by atoms with E-state index < -0.39 is 0 Å². The minimum absolute atomic E-state index is 0.386. The van der Waals surface area contributed by atoms with Crippen molar-refractivity contribution in [3.8, 4) is 11.5 Å². The molecule has 4 heteroatoms. The Kier molecular flexibility index (Phi) is 8.38. The quantitative estimate of drug-likeness (QED) is 0.561. The fraction of sp³-hybridized carbons (Fsp3) is 0.579. The molecule has 0 fully saturated rings. The molecule has 0 heterocycles. The molecule has 4 nitrogen and oxygen atoms in total. The second-order valence-electron chi connectivity index (χ2n) is 6.43. The third kappa shape index (κ3) is 6.43. The minimum Gasteiger partial charge on any atom is -0.496 e. The number of rotatable bonds is 11. The van der Waals surface area contributed by atoms with Crippen LogP contribution in [0.3, 0.4) is 0 Å². The molecule has 0 aliphatic rings. The van der Waals surface area contributed by atoms with E-state index in [9.17, 15) is 9.59 Å². The van der Waals surface area contributed by atoms with E-state index in [4.69, 9.17) is 9.47 Å². The number of hydrogen-bond acceptors (Lipinski definition) is 4. The van der Waals surface area contributed by atoms with Gasteiger partial charge < -0.3 is 9.47 Å². The lowest BCUT2D eigenvalue weighted by molar-refractivity contribution is 0.110. The van der Waals surface area contributed by atoms with E-state index in [1.807, 2.05) is 0 Å². The Morgan fingerprint density at radius 2 is 1.57 bits per heavy atom. The monoisotopic (exact) mass is 320 g/mol. The molecule has 1 atom stereocenters. The van der Waals surface area contributed by atoms with Crippen LogP contribution in [0.1, 0.15) is 67.2 Å². The van der Waals surface area contributed by atoms with Gasteiger partial charge in [0.25, 0.3) is 0 Å². The van der Waals surface area contributed by atoms with Gasteiger partial charge >= 0.3 is 0 Å². The first-order chi connectivity index (χ1) is 11.0. The zero-order valence-corrected chi connectivity index (χ0v) is 14.6. The second-order valence-corrected chi connectivity index (χ2v) is 6.43. The standard InChI is InChI=1S/C19H28O4/c1-14(2)6-5-7-15(3)8-9-23-19-11-16(12-20)18(22-4)10-17(19)13-21/h10-15H,5-9H2,1-4H3. The third-order valence-electron chi connectivity index (χ3n) is 3.96. The predicted molar refractivity (Wildman–Crippen MR) is 91.7 cm³/mol. The Hall–Kier alpha value is -1.84. The van der Waals surface area contributed by atoms with Crippen molar-refractivity contribution in [1.29, 1.82) is 0 Å². The van der Waals surface area contributed by atoms with Gasteiger partial charge in [0.2, 0.25) is 0 Å². The van der Waals surface area contributed by atoms with E-state index in [2.05, 4.69) is 20.8 Å². The average molecular weight is 320 g/mol. The summed E-state index contributed by atoms with van der Waals surface area (Å²) in [7, 11) is 1.47. The van der Waals surface area contributed by atoms with Crippen LogP contribution in [0, 0.1) is 11.8 Å². The summed E-state index contributed by atoms with van der Waals surface area (Å²) in [4.78, 5) is 22.2. The Labute approximate surface area is 139 Å². The minimum atomic E-state index is 0.386. The molecule has 0 aliphatic heterocycles. The van der Waals surface area contributed by atoms with Crippen molar-refractivity contribution in [2.24, 2.45) is 11.8 Å². The maximum Gasteiger partial charge on any atom is 0.153 e. The van der Waals surface area contributed by atoms with Crippen LogP contribution < -0.4 is 9.47 Å². The first-order valence-electron chi connectivity index (χ1n) is 8.27. The summed E-state index contributed by atoms with van der Waals surface area (Å²) in [6.45, 7) is 7.23. The van der Waals surface area contributed by atoms with Gasteiger partial charge in [-0.25, -0.2) is 0 Å². The molecule has 1 aromatic rings. The summed E-state index contributed by atoms with van der Waals surface area (Å²) >= 11 is 0. The Bertz CT molecular complexity index is 508. The zero-order chi connectivity index (χ0) is 17.2. The summed E-state index contributed by atoms with van der Waals surface area (Å²) in [6, 6.07) is 3.11. The second kappa shape index (κ2) is 10.0. The van der Waals surface area contributed by atoms with E-state index in [-0.39, 0.29) is 0 Å². The molecule has 0 saturated heterocycles. The average Bonchev–Trinajstić information content (AvgIpc) is 2.53. The molecule has 0 saturated carbocycles. The molecule has 0 bridgehead atoms. The van der Waals surface area contributed by atoms with Gasteiger partial charge in [0, 0.05) is 0 Å². The maximum atomic E-state index is 11.2. The first kappa shape index (κ1) is 19.2. The fourth-order valence-electron chi connectivity index (χ4n) is 2.47. The maximum absolute atomic E-state index is 11.2. The van der Waals surface area contributed by atoms with Gasteiger partial charge in [-0.2, -0.15) is 0 Å². The summed E-state index contributed by atoms with van der Waals surface area (Å²) in [5.41, 5.74) is 0.790. The van der Waals surface area contributed by atoms with Crippen LogP contribution in [0.2, 0.25) is 0 Å². The van der Waals surface area contributed by atoms with Gasteiger partial charge in [-0.1, -0.05) is 40.0 Å². The van der Waals surface area contributed by atoms with E-state index in [1.165, 1.54) is 32.4 Å². The number of ether oxygens (including phenoxy) is 2. The highest BCUT2D eigenvalue weighted by Crippen LogP contribution is 2.27. The molecule has 1 rings (SSSR count). The predicted octanol–water partition coefficient (Wildman–Crippen LogP) is 4.55. The third-order valence-corrected chi connectivity index (χ3v) is 3.96. The summed E-state index contributed by atoms with van der Waals surface area (Å²) < 4.78 is 10.8. The molecule has 0 aromatic heterocycles. The molecule has 0 radical (unpaired) electrons. The lowest BCUT2D eigenvalue weighted by Gasteiger charge is -2.15. The van der Waals surface area contributed by atoms with Crippen molar-refractivity contribution in [2.75, 3.05) is 13.7 Å². The van der Waals surface area contributed by atoms with Crippen LogP contribution in [0.25, 0.3) is 0 Å². The normalized spacial score (nSPS) is 12.0. The van der Waals surface area contributed by atoms with E-state index in [1.54, 1.807) is 6.07 Å². The summed E-state index contributed by atoms with van der Waals surface area (Å²) in [6.07, 6.45) is 6.02. The molecular weight excluding hydrogens is 292 g/mol. The van der Waals surface area contributed by atoms with Gasteiger partial charge in [-0.3, -0.25) is 9.59 Å². The molecule has 0 aliphatic carbocycles. The number of carbonyl (C=O) groups is 2. The van der Waals surface area contributed by atoms with Crippen LogP contribution in [0.4, 0.5) is 0 Å². The van der Waals surface area contributed by atoms with Gasteiger partial charge in [0.05, 0.1) is 24.8 Å². The van der Waals surface area contributed by atoms with Gasteiger partial charge in [0.15, 0.2) is 12.6 Å². The highest BCUT2D eigenvalue weighted by atomic mass is 16.5. The van der Waals surface area contributed by atoms with Crippen LogP contribution in [-0.4, -0.2) is 26.3 Å². The summed E-state index contributed by atoms with van der Waals surface area (Å²) in [5, 5.41) is 0. The Balaban J connectivity index is 2.56. The van der Waals surface area contributed by atoms with E-state index in [0.29, 0.717) is 41.4 Å². The SMILES string of the molecule is COc1cc(C=O)c(OCCC(C)CCCC(C)C)cc1C=O. The number of carbonyl (C=O) groups excluding carboxylic acids is 2. The van der Waals surface area contributed by atoms with Crippen molar-refractivity contribution < 1.29 is 19.1 Å². The van der Waals surface area contributed by atoms with Crippen molar-refractivity contribution >= 4 is 12.6 Å². The van der Waals surface area contributed by atoms with Crippen molar-refractivity contribution in [1.82, 2.24) is 0 Å². The number of hydrogen-bond donors (Lipinski definition) is 0. The Morgan fingerprint density at radius 3 is 2.13 bits per heavy atom. The van der Waals surface area contributed by atoms with Crippen molar-refractivity contribution in [3.63, 3.8) is 0 Å². The summed E-state index contributed by atoms with van der Waals surface area (Å²) in [5.74, 6) is 2.15. The molecule has 23 heavy (non-hydrogen) atoms. The van der Waals surface area contributed by atoms with Gasteiger partial charge in [0.1, 0.15) is 11.5 Å².